The average Bonchev–Trinajstić information content (AvgIpc) is 3.01. The second-order valence-electron chi connectivity index (χ2n) is 11.0. The van der Waals surface area contributed by atoms with E-state index in [1.165, 1.54) is 27.8 Å². The SMILES string of the molecule is COCCOCO[C@H]1C([Se]c2ccccc2)COC=C2C(=O)[C@@]3(SCC[Si](C)(C)C)C(=O)N(C)CC(=O)N3[C@@H]21. The predicted octanol–water partition coefficient (Wildman–Crippen LogP) is 1.74. The number of carbonyl (C=O) groups excluding carboxylic acids is 3. The van der Waals surface area contributed by atoms with Gasteiger partial charge in [0.15, 0.2) is 0 Å². The third-order valence-electron chi connectivity index (χ3n) is 6.90. The third-order valence-corrected chi connectivity index (χ3v) is 13.0. The van der Waals surface area contributed by atoms with Gasteiger partial charge in [-0.15, -0.1) is 0 Å². The zero-order valence-corrected chi connectivity index (χ0v) is 26.7. The third kappa shape index (κ3) is 6.48. The van der Waals surface area contributed by atoms with Gasteiger partial charge in [-0.05, 0) is 0 Å². The fraction of sp³-hybridized carbons (Fsp3) is 0.593. The molecule has 4 rings (SSSR count). The number of nitrogens with zero attached hydrogens (tertiary/aromatic N) is 2. The molecule has 2 fully saturated rings. The molecule has 12 heteroatoms. The summed E-state index contributed by atoms with van der Waals surface area (Å²) in [4.78, 5) is 42.9. The minimum atomic E-state index is -1.65. The Bertz CT molecular complexity index is 1090. The molecule has 0 bridgehead atoms. The first kappa shape index (κ1) is 30.3. The number of hydrogen-bond acceptors (Lipinski definition) is 8. The maximum absolute atomic E-state index is 14.2. The van der Waals surface area contributed by atoms with E-state index in [0.717, 1.165) is 10.5 Å². The Kier molecular flexibility index (Phi) is 10.0. The van der Waals surface area contributed by atoms with Gasteiger partial charge < -0.3 is 0 Å². The number of amides is 2. The number of fused-ring (bicyclic) bond motifs is 3. The Morgan fingerprint density at radius 1 is 1.15 bits per heavy atom. The molecule has 0 spiro atoms. The summed E-state index contributed by atoms with van der Waals surface area (Å²) >= 11 is 1.19. The van der Waals surface area contributed by atoms with E-state index < -0.39 is 25.1 Å². The summed E-state index contributed by atoms with van der Waals surface area (Å²) in [7, 11) is 1.73. The molecule has 9 nitrogen and oxygen atoms in total. The Morgan fingerprint density at radius 2 is 1.90 bits per heavy atom. The summed E-state index contributed by atoms with van der Waals surface area (Å²) in [5.74, 6) is -0.392. The number of thioether (sulfide) groups is 1. The van der Waals surface area contributed by atoms with E-state index in [9.17, 15) is 14.4 Å². The first-order valence-electron chi connectivity index (χ1n) is 13.1. The quantitative estimate of drug-likeness (QED) is 0.148. The van der Waals surface area contributed by atoms with E-state index in [1.54, 1.807) is 14.2 Å². The topological polar surface area (TPSA) is 94.6 Å². The van der Waals surface area contributed by atoms with Crippen LogP contribution in [0.3, 0.4) is 0 Å². The Hall–Kier alpha value is -1.66. The van der Waals surface area contributed by atoms with Gasteiger partial charge in [0.2, 0.25) is 0 Å². The molecule has 2 saturated heterocycles. The van der Waals surface area contributed by atoms with Crippen molar-refractivity contribution < 1.29 is 33.3 Å². The Balaban J connectivity index is 1.72. The van der Waals surface area contributed by atoms with E-state index in [0.29, 0.717) is 31.1 Å². The number of carbonyl (C=O) groups is 3. The van der Waals surface area contributed by atoms with Crippen LogP contribution in [0, 0.1) is 0 Å². The van der Waals surface area contributed by atoms with E-state index in [2.05, 4.69) is 31.8 Å². The van der Waals surface area contributed by atoms with Gasteiger partial charge in [-0.25, -0.2) is 0 Å². The fourth-order valence-corrected chi connectivity index (χ4v) is 11.4. The van der Waals surface area contributed by atoms with Crippen LogP contribution in [-0.2, 0) is 33.3 Å². The number of methoxy groups -OCH3 is 1. The summed E-state index contributed by atoms with van der Waals surface area (Å²) in [6, 6.07) is 10.2. The number of rotatable bonds is 12. The monoisotopic (exact) mass is 642 g/mol. The molecule has 3 heterocycles. The molecular weight excluding hydrogens is 603 g/mol. The number of ether oxygens (including phenoxy) is 4. The zero-order valence-electron chi connectivity index (χ0n) is 23.2. The van der Waals surface area contributed by atoms with Crippen molar-refractivity contribution in [1.29, 1.82) is 0 Å². The number of ketones is 1. The Labute approximate surface area is 242 Å². The van der Waals surface area contributed by atoms with Crippen LogP contribution in [0.15, 0.2) is 42.2 Å². The molecule has 3 aliphatic rings. The maximum atomic E-state index is 14.2. The standard InChI is InChI=1S/C27H38N2O7SSeSi/c1-28-15-22(30)29-23-20(25(31)27(29,26(28)32)37-13-14-39(3,4)5)16-35-17-21(38-19-9-7-6-8-10-19)24(23)36-18-34-12-11-33-2/h6-10,16,21,23-24H,11-15,17-18H2,1-5H3/t21?,23-,24-,27+/m0/s1. The second kappa shape index (κ2) is 12.9. The molecule has 1 aromatic carbocycles. The van der Waals surface area contributed by atoms with Crippen LogP contribution in [0.2, 0.25) is 30.5 Å². The molecule has 0 saturated carbocycles. The summed E-state index contributed by atoms with van der Waals surface area (Å²) in [6.45, 7) is 7.75. The average molecular weight is 642 g/mol. The van der Waals surface area contributed by atoms with Crippen molar-refractivity contribution in [2.24, 2.45) is 0 Å². The number of benzene rings is 1. The Morgan fingerprint density at radius 3 is 2.59 bits per heavy atom. The van der Waals surface area contributed by atoms with Gasteiger partial charge in [-0.2, -0.15) is 0 Å². The number of piperazine rings is 1. The van der Waals surface area contributed by atoms with Crippen molar-refractivity contribution in [2.75, 3.05) is 53.1 Å². The molecule has 0 N–H and O–H groups in total. The number of likely N-dealkylation sites (N-methyl/N-ethyl adjacent to an activating group) is 1. The molecule has 214 valence electrons. The molecule has 0 radical (unpaired) electrons. The predicted molar refractivity (Wildman–Crippen MR) is 154 cm³/mol. The van der Waals surface area contributed by atoms with Gasteiger partial charge in [-0.1, -0.05) is 0 Å². The van der Waals surface area contributed by atoms with Gasteiger partial charge in [0.25, 0.3) is 0 Å². The van der Waals surface area contributed by atoms with Crippen LogP contribution in [0.25, 0.3) is 0 Å². The van der Waals surface area contributed by atoms with Crippen molar-refractivity contribution in [3.8, 4) is 0 Å². The van der Waals surface area contributed by atoms with Gasteiger partial charge in [0.05, 0.1) is 0 Å². The first-order valence-corrected chi connectivity index (χ1v) is 19.6. The molecule has 1 unspecified atom stereocenters. The van der Waals surface area contributed by atoms with E-state index >= 15 is 0 Å². The second-order valence-corrected chi connectivity index (χ2v) is 20.7. The summed E-state index contributed by atoms with van der Waals surface area (Å²) < 4.78 is 24.2. The molecule has 4 atom stereocenters. The molecule has 39 heavy (non-hydrogen) atoms. The van der Waals surface area contributed by atoms with Gasteiger partial charge in [0.1, 0.15) is 0 Å². The number of Topliss-reactive ketones (excluding diaryl/α,β-unsaturated/α-hetero) is 1. The molecule has 2 amide bonds. The first-order chi connectivity index (χ1) is 18.6. The minimum absolute atomic E-state index is 0.0288. The van der Waals surface area contributed by atoms with Crippen molar-refractivity contribution in [1.82, 2.24) is 9.80 Å². The molecular formula is C27H38N2O7SSeSi. The van der Waals surface area contributed by atoms with Crippen molar-refractivity contribution >= 4 is 56.9 Å². The summed E-state index contributed by atoms with van der Waals surface area (Å²) in [5, 5.41) is 0. The van der Waals surface area contributed by atoms with Crippen LogP contribution in [-0.4, -0.2) is 121 Å². The van der Waals surface area contributed by atoms with Crippen LogP contribution >= 0.6 is 11.8 Å². The molecule has 0 aliphatic carbocycles. The van der Waals surface area contributed by atoms with Crippen LogP contribution < -0.4 is 4.46 Å². The molecule has 1 aromatic rings. The van der Waals surface area contributed by atoms with Crippen LogP contribution in [0.1, 0.15) is 0 Å². The molecule has 0 aromatic heterocycles. The fourth-order valence-electron chi connectivity index (χ4n) is 4.90. The van der Waals surface area contributed by atoms with Crippen molar-refractivity contribution in [3.63, 3.8) is 0 Å². The van der Waals surface area contributed by atoms with Gasteiger partial charge in [0, 0.05) is 0 Å². The van der Waals surface area contributed by atoms with Crippen LogP contribution in [0.4, 0.5) is 0 Å². The van der Waals surface area contributed by atoms with Crippen LogP contribution in [0.5, 0.6) is 0 Å². The summed E-state index contributed by atoms with van der Waals surface area (Å²) in [5.41, 5.74) is 0.320. The van der Waals surface area contributed by atoms with E-state index in [-0.39, 0.29) is 50.7 Å². The van der Waals surface area contributed by atoms with Crippen molar-refractivity contribution in [2.45, 2.75) is 47.5 Å². The normalized spacial score (nSPS) is 27.2. The zero-order chi connectivity index (χ0) is 28.2. The number of hydrogen-bond donors (Lipinski definition) is 0. The van der Waals surface area contributed by atoms with E-state index in [1.807, 2.05) is 18.2 Å². The van der Waals surface area contributed by atoms with Crippen molar-refractivity contribution in [3.05, 3.63) is 42.2 Å². The van der Waals surface area contributed by atoms with Gasteiger partial charge >= 0.3 is 243 Å². The molecule has 3 aliphatic heterocycles. The van der Waals surface area contributed by atoms with E-state index in [4.69, 9.17) is 18.9 Å². The summed E-state index contributed by atoms with van der Waals surface area (Å²) in [6.07, 6.45) is 0.876. The van der Waals surface area contributed by atoms with Gasteiger partial charge in [-0.3, -0.25) is 0 Å².